The predicted octanol–water partition coefficient (Wildman–Crippen LogP) is 3.63. The number of H-pyrrole nitrogens is 1. The molecule has 0 radical (unpaired) electrons. The molecule has 1 aliphatic carbocycles. The van der Waals surface area contributed by atoms with Crippen molar-refractivity contribution < 1.29 is 1.43 Å². The lowest BCUT2D eigenvalue weighted by atomic mass is 10.0. The van der Waals surface area contributed by atoms with Crippen LogP contribution < -0.4 is 0 Å². The van der Waals surface area contributed by atoms with E-state index in [0.717, 1.165) is 0 Å². The van der Waals surface area contributed by atoms with E-state index in [9.17, 15) is 0 Å². The highest BCUT2D eigenvalue weighted by Crippen LogP contribution is 2.30. The Morgan fingerprint density at radius 3 is 2.93 bits per heavy atom. The van der Waals surface area contributed by atoms with Crippen LogP contribution in [-0.2, 0) is 12.8 Å². The van der Waals surface area contributed by atoms with Gasteiger partial charge in [0.15, 0.2) is 0 Å². The first-order valence-corrected chi connectivity index (χ1v) is 5.80. The maximum absolute atomic E-state index is 4.08. The fourth-order valence-corrected chi connectivity index (χ4v) is 2.40. The maximum atomic E-state index is 4.08. The Kier molecular flexibility index (Phi) is 2.76. The fourth-order valence-electron chi connectivity index (χ4n) is 2.40. The molecule has 0 saturated heterocycles. The van der Waals surface area contributed by atoms with Gasteiger partial charge >= 0.3 is 0 Å². The first kappa shape index (κ1) is 10.2. The second-order valence-corrected chi connectivity index (χ2v) is 3.82. The molecule has 0 unspecified atom stereocenters. The molecule has 15 heavy (non-hydrogen) atoms. The van der Waals surface area contributed by atoms with Gasteiger partial charge in [-0.25, -0.2) is 0 Å². The second-order valence-electron chi connectivity index (χ2n) is 3.82. The molecular weight excluding hydrogens is 184 g/mol. The topological polar surface area (TPSA) is 28.7 Å². The molecule has 1 N–H and O–H groups in total. The smallest absolute Gasteiger partial charge is 0.0655 e. The van der Waals surface area contributed by atoms with Crippen molar-refractivity contribution in [3.8, 4) is 0 Å². The van der Waals surface area contributed by atoms with Gasteiger partial charge in [0.05, 0.1) is 11.7 Å². The summed E-state index contributed by atoms with van der Waals surface area (Å²) in [5.74, 6) is 0. The summed E-state index contributed by atoms with van der Waals surface area (Å²) in [6.07, 6.45) is 5.74. The summed E-state index contributed by atoms with van der Waals surface area (Å²) < 4.78 is 0. The normalized spacial score (nSPS) is 13.5. The summed E-state index contributed by atoms with van der Waals surface area (Å²) in [6.45, 7) is 6.21. The largest absolute Gasteiger partial charge is 0.278 e. The van der Waals surface area contributed by atoms with Gasteiger partial charge in [-0.1, -0.05) is 13.8 Å². The Morgan fingerprint density at radius 1 is 1.33 bits per heavy atom. The lowest BCUT2D eigenvalue weighted by Gasteiger charge is -2.04. The zero-order valence-electron chi connectivity index (χ0n) is 9.72. The number of aromatic amines is 1. The molecule has 1 heterocycles. The number of rotatable bonds is 0. The number of hydrogen-bond acceptors (Lipinski definition) is 1. The molecular formula is C13H20N2. The standard InChI is InChI=1S/C11H12N2.C2H6.H2/c1-7-9-4-2-3-8(9)5-11-10(7)6-12-13-11;1-2;/h5-6H,2-4H2,1H3,(H,12,13);1-2H3;1H. The third-order valence-corrected chi connectivity index (χ3v) is 3.10. The fraction of sp³-hybridized carbons (Fsp3) is 0.462. The van der Waals surface area contributed by atoms with E-state index in [1.807, 2.05) is 20.0 Å². The summed E-state index contributed by atoms with van der Waals surface area (Å²) in [5, 5.41) is 8.41. The van der Waals surface area contributed by atoms with Gasteiger partial charge in [0, 0.05) is 6.81 Å². The van der Waals surface area contributed by atoms with E-state index in [0.29, 0.717) is 0 Å². The summed E-state index contributed by atoms with van der Waals surface area (Å²) in [5.41, 5.74) is 5.71. The average molecular weight is 204 g/mol. The molecule has 1 aromatic heterocycles. The Balaban J connectivity index is 0.000000406. The first-order valence-electron chi connectivity index (χ1n) is 5.80. The SMILES string of the molecule is CC.Cc1c2c(cc3[nH]ncc13)CCC2.[HH]. The Bertz CT molecular complexity index is 474. The third kappa shape index (κ3) is 1.54. The third-order valence-electron chi connectivity index (χ3n) is 3.10. The highest BCUT2D eigenvalue weighted by molar-refractivity contribution is 5.84. The highest BCUT2D eigenvalue weighted by atomic mass is 15.1. The zero-order chi connectivity index (χ0) is 10.8. The van der Waals surface area contributed by atoms with E-state index in [-0.39, 0.29) is 1.43 Å². The minimum Gasteiger partial charge on any atom is -0.278 e. The van der Waals surface area contributed by atoms with Crippen LogP contribution in [0.15, 0.2) is 12.3 Å². The van der Waals surface area contributed by atoms with Crippen LogP contribution in [0, 0.1) is 6.92 Å². The minimum absolute atomic E-state index is 0. The summed E-state index contributed by atoms with van der Waals surface area (Å²) in [4.78, 5) is 0. The van der Waals surface area contributed by atoms with Crippen LogP contribution in [0.3, 0.4) is 0 Å². The van der Waals surface area contributed by atoms with Crippen molar-refractivity contribution in [2.24, 2.45) is 0 Å². The number of fused-ring (bicyclic) bond motifs is 2. The lowest BCUT2D eigenvalue weighted by molar-refractivity contribution is 0.909. The van der Waals surface area contributed by atoms with E-state index in [1.54, 1.807) is 5.56 Å². The van der Waals surface area contributed by atoms with Crippen LogP contribution in [0.5, 0.6) is 0 Å². The van der Waals surface area contributed by atoms with Crippen LogP contribution in [0.25, 0.3) is 10.9 Å². The molecule has 2 heteroatoms. The summed E-state index contributed by atoms with van der Waals surface area (Å²) in [7, 11) is 0. The highest BCUT2D eigenvalue weighted by Gasteiger charge is 2.15. The molecule has 3 rings (SSSR count). The molecule has 2 aromatic rings. The molecule has 1 aromatic carbocycles. The molecule has 2 nitrogen and oxygen atoms in total. The van der Waals surface area contributed by atoms with Crippen LogP contribution >= 0.6 is 0 Å². The van der Waals surface area contributed by atoms with Crippen molar-refractivity contribution in [2.75, 3.05) is 0 Å². The van der Waals surface area contributed by atoms with Gasteiger partial charge in [-0.3, -0.25) is 5.10 Å². The van der Waals surface area contributed by atoms with Gasteiger partial charge < -0.3 is 0 Å². The molecule has 0 saturated carbocycles. The van der Waals surface area contributed by atoms with E-state index < -0.39 is 0 Å². The number of aryl methyl sites for hydroxylation is 2. The number of aromatic nitrogens is 2. The van der Waals surface area contributed by atoms with Crippen molar-refractivity contribution in [3.63, 3.8) is 0 Å². The number of nitrogens with one attached hydrogen (secondary N) is 1. The van der Waals surface area contributed by atoms with Crippen LogP contribution in [0.4, 0.5) is 0 Å². The van der Waals surface area contributed by atoms with Crippen molar-refractivity contribution >= 4 is 10.9 Å². The average Bonchev–Trinajstić information content (AvgIpc) is 2.89. The predicted molar refractivity (Wildman–Crippen MR) is 66.3 cm³/mol. The van der Waals surface area contributed by atoms with Gasteiger partial charge in [0.2, 0.25) is 0 Å². The number of hydrogen-bond donors (Lipinski definition) is 1. The molecule has 0 amide bonds. The quantitative estimate of drug-likeness (QED) is 0.697. The molecule has 0 bridgehead atoms. The molecule has 1 aliphatic rings. The van der Waals surface area contributed by atoms with Crippen molar-refractivity contribution in [1.29, 1.82) is 0 Å². The van der Waals surface area contributed by atoms with Crippen molar-refractivity contribution in [2.45, 2.75) is 40.0 Å². The minimum atomic E-state index is 0. The van der Waals surface area contributed by atoms with E-state index in [2.05, 4.69) is 23.2 Å². The second kappa shape index (κ2) is 4.05. The van der Waals surface area contributed by atoms with Gasteiger partial charge in [-0.15, -0.1) is 0 Å². The zero-order valence-corrected chi connectivity index (χ0v) is 9.72. The van der Waals surface area contributed by atoms with Crippen LogP contribution in [0.2, 0.25) is 0 Å². The molecule has 0 aliphatic heterocycles. The first-order chi connectivity index (χ1) is 7.36. The van der Waals surface area contributed by atoms with Gasteiger partial charge in [0.1, 0.15) is 0 Å². The van der Waals surface area contributed by atoms with E-state index in [4.69, 9.17) is 0 Å². The van der Waals surface area contributed by atoms with E-state index >= 15 is 0 Å². The maximum Gasteiger partial charge on any atom is 0.0655 e. The van der Waals surface area contributed by atoms with Crippen LogP contribution in [-0.4, -0.2) is 10.2 Å². The molecule has 0 spiro atoms. The van der Waals surface area contributed by atoms with Gasteiger partial charge in [-0.05, 0) is 48.9 Å². The number of nitrogens with zero attached hydrogens (tertiary/aromatic N) is 1. The summed E-state index contributed by atoms with van der Waals surface area (Å²) in [6, 6.07) is 2.26. The Labute approximate surface area is 92.2 Å². The van der Waals surface area contributed by atoms with E-state index in [1.165, 1.54) is 41.3 Å². The van der Waals surface area contributed by atoms with Gasteiger partial charge in [0.25, 0.3) is 0 Å². The Hall–Kier alpha value is -1.31. The van der Waals surface area contributed by atoms with Gasteiger partial charge in [-0.2, -0.15) is 5.10 Å². The number of benzene rings is 1. The Morgan fingerprint density at radius 2 is 2.13 bits per heavy atom. The molecule has 0 atom stereocenters. The summed E-state index contributed by atoms with van der Waals surface area (Å²) >= 11 is 0. The van der Waals surface area contributed by atoms with Crippen molar-refractivity contribution in [3.05, 3.63) is 29.0 Å². The lowest BCUT2D eigenvalue weighted by Crippen LogP contribution is -1.88. The van der Waals surface area contributed by atoms with Crippen molar-refractivity contribution in [1.82, 2.24) is 10.2 Å². The molecule has 82 valence electrons. The monoisotopic (exact) mass is 204 g/mol. The van der Waals surface area contributed by atoms with Crippen LogP contribution in [0.1, 0.15) is 38.4 Å². The molecule has 0 fully saturated rings.